The molecular weight excluding hydrogens is 306 g/mol. The lowest BCUT2D eigenvalue weighted by Gasteiger charge is -2.25. The average Bonchev–Trinajstić information content (AvgIpc) is 2.94. The predicted octanol–water partition coefficient (Wildman–Crippen LogP) is 3.93. The van der Waals surface area contributed by atoms with Gasteiger partial charge < -0.3 is 5.32 Å². The molecule has 1 N–H and O–H groups in total. The molecule has 1 aliphatic carbocycles. The van der Waals surface area contributed by atoms with Crippen molar-refractivity contribution < 1.29 is 0 Å². The van der Waals surface area contributed by atoms with Crippen LogP contribution in [-0.4, -0.2) is 9.78 Å². The summed E-state index contributed by atoms with van der Waals surface area (Å²) < 4.78 is 1.54. The number of hydrogen-bond acceptors (Lipinski definition) is 4. The van der Waals surface area contributed by atoms with Gasteiger partial charge in [-0.3, -0.25) is 4.79 Å². The van der Waals surface area contributed by atoms with Gasteiger partial charge >= 0.3 is 0 Å². The molecule has 6 heteroatoms. The van der Waals surface area contributed by atoms with Crippen molar-refractivity contribution in [3.63, 3.8) is 0 Å². The number of nitrogens with zero attached hydrogens (tertiary/aromatic N) is 2. The third kappa shape index (κ3) is 3.14. The lowest BCUT2D eigenvalue weighted by Crippen LogP contribution is -2.31. The fourth-order valence-corrected chi connectivity index (χ4v) is 3.40. The van der Waals surface area contributed by atoms with Crippen LogP contribution in [0.15, 0.2) is 27.8 Å². The SMILES string of the molecule is CC(Nc1c(Cl)cnn(CC2CCC2)c1=O)c1ccsc1. The lowest BCUT2D eigenvalue weighted by molar-refractivity contribution is 0.262. The first-order valence-corrected chi connectivity index (χ1v) is 8.51. The van der Waals surface area contributed by atoms with Crippen molar-refractivity contribution in [1.82, 2.24) is 9.78 Å². The van der Waals surface area contributed by atoms with Crippen molar-refractivity contribution in [2.45, 2.75) is 38.8 Å². The third-order valence-electron chi connectivity index (χ3n) is 4.06. The summed E-state index contributed by atoms with van der Waals surface area (Å²) in [5.74, 6) is 0.582. The molecule has 1 fully saturated rings. The van der Waals surface area contributed by atoms with Gasteiger partial charge in [0.1, 0.15) is 5.69 Å². The summed E-state index contributed by atoms with van der Waals surface area (Å²) in [6.45, 7) is 2.71. The molecule has 1 unspecified atom stereocenters. The number of thiophene rings is 1. The summed E-state index contributed by atoms with van der Waals surface area (Å²) in [7, 11) is 0. The topological polar surface area (TPSA) is 46.9 Å². The van der Waals surface area contributed by atoms with Crippen LogP contribution < -0.4 is 10.9 Å². The van der Waals surface area contributed by atoms with Crippen LogP contribution in [0.4, 0.5) is 5.69 Å². The summed E-state index contributed by atoms with van der Waals surface area (Å²) in [5.41, 5.74) is 1.47. The van der Waals surface area contributed by atoms with E-state index in [1.54, 1.807) is 22.2 Å². The Balaban J connectivity index is 1.83. The fraction of sp³-hybridized carbons (Fsp3) is 0.467. The van der Waals surface area contributed by atoms with E-state index in [1.807, 2.05) is 18.4 Å². The first-order valence-electron chi connectivity index (χ1n) is 7.19. The second kappa shape index (κ2) is 6.20. The molecule has 112 valence electrons. The van der Waals surface area contributed by atoms with Gasteiger partial charge in [0, 0.05) is 12.6 Å². The van der Waals surface area contributed by atoms with Crippen molar-refractivity contribution in [1.29, 1.82) is 0 Å². The fourth-order valence-electron chi connectivity index (χ4n) is 2.47. The van der Waals surface area contributed by atoms with Gasteiger partial charge in [0.15, 0.2) is 0 Å². The molecular formula is C15H18ClN3OS. The number of hydrogen-bond donors (Lipinski definition) is 1. The molecule has 0 spiro atoms. The Labute approximate surface area is 132 Å². The van der Waals surface area contributed by atoms with Crippen LogP contribution in [-0.2, 0) is 6.54 Å². The molecule has 0 saturated heterocycles. The van der Waals surface area contributed by atoms with E-state index in [0.29, 0.717) is 23.2 Å². The van der Waals surface area contributed by atoms with Crippen molar-refractivity contribution in [2.75, 3.05) is 5.32 Å². The van der Waals surface area contributed by atoms with Crippen LogP contribution in [0.25, 0.3) is 0 Å². The first-order chi connectivity index (χ1) is 10.1. The molecule has 1 saturated carbocycles. The van der Waals surface area contributed by atoms with E-state index in [4.69, 9.17) is 11.6 Å². The molecule has 3 rings (SSSR count). The van der Waals surface area contributed by atoms with Crippen LogP contribution >= 0.6 is 22.9 Å². The highest BCUT2D eigenvalue weighted by atomic mass is 35.5. The van der Waals surface area contributed by atoms with E-state index >= 15 is 0 Å². The number of halogens is 1. The van der Waals surface area contributed by atoms with Crippen molar-refractivity contribution in [2.24, 2.45) is 5.92 Å². The van der Waals surface area contributed by atoms with E-state index in [2.05, 4.69) is 15.8 Å². The van der Waals surface area contributed by atoms with Gasteiger partial charge in [-0.25, -0.2) is 4.68 Å². The molecule has 0 aromatic carbocycles. The monoisotopic (exact) mass is 323 g/mol. The van der Waals surface area contributed by atoms with E-state index < -0.39 is 0 Å². The summed E-state index contributed by atoms with van der Waals surface area (Å²) in [5, 5.41) is 11.9. The van der Waals surface area contributed by atoms with Crippen molar-refractivity contribution in [3.05, 3.63) is 44.0 Å². The molecule has 2 aromatic heterocycles. The molecule has 0 amide bonds. The Morgan fingerprint density at radius 1 is 1.57 bits per heavy atom. The zero-order chi connectivity index (χ0) is 14.8. The van der Waals surface area contributed by atoms with Crippen molar-refractivity contribution in [3.8, 4) is 0 Å². The minimum absolute atomic E-state index is 0.0426. The Morgan fingerprint density at radius 3 is 3.00 bits per heavy atom. The molecule has 2 heterocycles. The highest BCUT2D eigenvalue weighted by Gasteiger charge is 2.20. The molecule has 1 atom stereocenters. The maximum atomic E-state index is 12.5. The highest BCUT2D eigenvalue weighted by molar-refractivity contribution is 7.08. The van der Waals surface area contributed by atoms with Gasteiger partial charge in [-0.15, -0.1) is 0 Å². The van der Waals surface area contributed by atoms with Crippen LogP contribution in [0.2, 0.25) is 5.02 Å². The maximum absolute atomic E-state index is 12.5. The summed E-state index contributed by atoms with van der Waals surface area (Å²) in [4.78, 5) is 12.5. The Kier molecular flexibility index (Phi) is 4.31. The normalized spacial score (nSPS) is 16.5. The van der Waals surface area contributed by atoms with E-state index in [0.717, 1.165) is 5.56 Å². The van der Waals surface area contributed by atoms with Crippen molar-refractivity contribution >= 4 is 28.6 Å². The average molecular weight is 324 g/mol. The van der Waals surface area contributed by atoms with Gasteiger partial charge in [-0.05, 0) is 48.1 Å². The van der Waals surface area contributed by atoms with Crippen LogP contribution in [0, 0.1) is 5.92 Å². The quantitative estimate of drug-likeness (QED) is 0.906. The Bertz CT molecular complexity index is 664. The standard InChI is InChI=1S/C15H18ClN3OS/c1-10(12-5-6-21-9-12)18-14-13(16)7-17-19(15(14)20)8-11-3-2-4-11/h5-7,9-11,18H,2-4,8H2,1H3. The molecule has 1 aliphatic rings. The minimum Gasteiger partial charge on any atom is -0.373 e. The van der Waals surface area contributed by atoms with Gasteiger partial charge in [-0.1, -0.05) is 18.0 Å². The first kappa shape index (κ1) is 14.6. The molecule has 0 aliphatic heterocycles. The van der Waals surface area contributed by atoms with Gasteiger partial charge in [0.25, 0.3) is 5.56 Å². The zero-order valence-electron chi connectivity index (χ0n) is 11.9. The number of aromatic nitrogens is 2. The van der Waals surface area contributed by atoms with Gasteiger partial charge in [-0.2, -0.15) is 16.4 Å². The molecule has 0 radical (unpaired) electrons. The molecule has 4 nitrogen and oxygen atoms in total. The van der Waals surface area contributed by atoms with Crippen LogP contribution in [0.5, 0.6) is 0 Å². The maximum Gasteiger partial charge on any atom is 0.291 e. The van der Waals surface area contributed by atoms with E-state index in [-0.39, 0.29) is 11.6 Å². The van der Waals surface area contributed by atoms with Gasteiger partial charge in [0.05, 0.1) is 11.2 Å². The van der Waals surface area contributed by atoms with E-state index in [1.165, 1.54) is 19.3 Å². The largest absolute Gasteiger partial charge is 0.373 e. The number of rotatable bonds is 5. The molecule has 21 heavy (non-hydrogen) atoms. The molecule has 2 aromatic rings. The number of anilines is 1. The van der Waals surface area contributed by atoms with E-state index in [9.17, 15) is 4.79 Å². The Morgan fingerprint density at radius 2 is 2.38 bits per heavy atom. The second-order valence-corrected chi connectivity index (χ2v) is 6.76. The highest BCUT2D eigenvalue weighted by Crippen LogP contribution is 2.28. The minimum atomic E-state index is -0.128. The summed E-state index contributed by atoms with van der Waals surface area (Å²) in [6, 6.07) is 2.09. The second-order valence-electron chi connectivity index (χ2n) is 5.57. The third-order valence-corrected chi connectivity index (χ3v) is 5.05. The predicted molar refractivity (Wildman–Crippen MR) is 87.2 cm³/mol. The zero-order valence-corrected chi connectivity index (χ0v) is 13.5. The van der Waals surface area contributed by atoms with Crippen LogP contribution in [0.3, 0.4) is 0 Å². The number of nitrogens with one attached hydrogen (secondary N) is 1. The lowest BCUT2D eigenvalue weighted by atomic mass is 9.85. The van der Waals surface area contributed by atoms with Gasteiger partial charge in [0.2, 0.25) is 0 Å². The van der Waals surface area contributed by atoms with Crippen LogP contribution in [0.1, 0.15) is 37.8 Å². The smallest absolute Gasteiger partial charge is 0.291 e. The molecule has 0 bridgehead atoms. The Hall–Kier alpha value is -1.33. The summed E-state index contributed by atoms with van der Waals surface area (Å²) >= 11 is 7.80. The summed E-state index contributed by atoms with van der Waals surface area (Å²) in [6.07, 6.45) is 5.19.